The Morgan fingerprint density at radius 3 is 2.55 bits per heavy atom. The van der Waals surface area contributed by atoms with Crippen LogP contribution in [0.4, 0.5) is 14.5 Å². The molecule has 0 aliphatic carbocycles. The molecule has 0 fully saturated rings. The maximum atomic E-state index is 13.7. The van der Waals surface area contributed by atoms with Crippen molar-refractivity contribution in [3.8, 4) is 0 Å². The molecule has 0 saturated heterocycles. The number of nitrogens with one attached hydrogen (secondary N) is 2. The third-order valence-corrected chi connectivity index (χ3v) is 2.71. The molecule has 0 heterocycles. The molecule has 20 heavy (non-hydrogen) atoms. The molecular weight excluding hydrogens is 284 g/mol. The maximum absolute atomic E-state index is 13.7. The number of halogens is 2. The average Bonchev–Trinajstić information content (AvgIpc) is 2.37. The molecule has 4 N–H and O–H groups in total. The van der Waals surface area contributed by atoms with Crippen molar-refractivity contribution in [2.75, 3.05) is 18.4 Å². The summed E-state index contributed by atoms with van der Waals surface area (Å²) in [6, 6.07) is 2.57. The summed E-state index contributed by atoms with van der Waals surface area (Å²) in [7, 11) is 0. The number of carbonyl (C=O) groups is 1. The number of benzene rings is 1. The first-order chi connectivity index (χ1) is 9.32. The van der Waals surface area contributed by atoms with Crippen LogP contribution in [0.1, 0.15) is 19.4 Å². The first-order valence-corrected chi connectivity index (χ1v) is 6.52. The molecule has 4 nitrogen and oxygen atoms in total. The molecule has 1 rings (SSSR count). The van der Waals surface area contributed by atoms with E-state index in [-0.39, 0.29) is 28.7 Å². The van der Waals surface area contributed by atoms with Crippen LogP contribution in [0.2, 0.25) is 0 Å². The molecule has 0 bridgehead atoms. The largest absolute Gasteiger partial charge is 0.389 e. The molecule has 0 aliphatic heterocycles. The molecule has 0 atom stereocenters. The highest BCUT2D eigenvalue weighted by molar-refractivity contribution is 7.80. The summed E-state index contributed by atoms with van der Waals surface area (Å²) < 4.78 is 27.3. The topological polar surface area (TPSA) is 67.2 Å². The summed E-state index contributed by atoms with van der Waals surface area (Å²) in [5, 5.41) is 5.19. The van der Waals surface area contributed by atoms with Crippen molar-refractivity contribution >= 4 is 28.8 Å². The Balaban J connectivity index is 2.68. The van der Waals surface area contributed by atoms with E-state index < -0.39 is 11.6 Å². The number of thiocarbonyl (C=S) groups is 1. The van der Waals surface area contributed by atoms with Crippen molar-refractivity contribution in [1.82, 2.24) is 5.32 Å². The van der Waals surface area contributed by atoms with Crippen LogP contribution in [0.25, 0.3) is 0 Å². The molecule has 1 aromatic carbocycles. The number of carbonyl (C=O) groups excluding carboxylic acids is 1. The Hall–Kier alpha value is -1.76. The van der Waals surface area contributed by atoms with Crippen molar-refractivity contribution in [3.05, 3.63) is 29.3 Å². The number of anilines is 1. The molecule has 0 saturated carbocycles. The summed E-state index contributed by atoms with van der Waals surface area (Å²) in [6.45, 7) is 4.29. The first kappa shape index (κ1) is 16.3. The van der Waals surface area contributed by atoms with Gasteiger partial charge in [-0.05, 0) is 18.1 Å². The highest BCUT2D eigenvalue weighted by atomic mass is 32.1. The molecule has 0 aromatic heterocycles. The fourth-order valence-electron chi connectivity index (χ4n) is 1.43. The van der Waals surface area contributed by atoms with Gasteiger partial charge in [0.15, 0.2) is 11.6 Å². The third kappa shape index (κ3) is 4.41. The van der Waals surface area contributed by atoms with Gasteiger partial charge in [-0.3, -0.25) is 4.79 Å². The fraction of sp³-hybridized carbons (Fsp3) is 0.385. The Kier molecular flexibility index (Phi) is 5.82. The zero-order chi connectivity index (χ0) is 15.3. The second-order valence-corrected chi connectivity index (χ2v) is 5.14. The van der Waals surface area contributed by atoms with Crippen LogP contribution in [0.3, 0.4) is 0 Å². The van der Waals surface area contributed by atoms with E-state index in [2.05, 4.69) is 22.9 Å². The lowest BCUT2D eigenvalue weighted by Crippen LogP contribution is -2.32. The van der Waals surface area contributed by atoms with Gasteiger partial charge < -0.3 is 16.4 Å². The molecule has 110 valence electrons. The SMILES string of the molecule is CC(C)CNC(=O)CNc1ccc(C(N)=S)c(F)c1F. The van der Waals surface area contributed by atoms with E-state index >= 15 is 0 Å². The van der Waals surface area contributed by atoms with Gasteiger partial charge in [0.1, 0.15) is 4.99 Å². The van der Waals surface area contributed by atoms with E-state index in [9.17, 15) is 13.6 Å². The summed E-state index contributed by atoms with van der Waals surface area (Å²) in [4.78, 5) is 11.2. The zero-order valence-corrected chi connectivity index (χ0v) is 12.1. The Bertz CT molecular complexity index is 521. The van der Waals surface area contributed by atoms with Crippen LogP contribution < -0.4 is 16.4 Å². The van der Waals surface area contributed by atoms with Crippen LogP contribution in [0.5, 0.6) is 0 Å². The fourth-order valence-corrected chi connectivity index (χ4v) is 1.59. The van der Waals surface area contributed by atoms with Gasteiger partial charge in [-0.2, -0.15) is 0 Å². The summed E-state index contributed by atoms with van der Waals surface area (Å²) in [5.74, 6) is -2.20. The van der Waals surface area contributed by atoms with Gasteiger partial charge in [-0.25, -0.2) is 8.78 Å². The molecule has 0 radical (unpaired) electrons. The predicted octanol–water partition coefficient (Wildman–Crippen LogP) is 1.78. The van der Waals surface area contributed by atoms with Crippen LogP contribution in [-0.2, 0) is 4.79 Å². The minimum Gasteiger partial charge on any atom is -0.389 e. The maximum Gasteiger partial charge on any atom is 0.239 e. The van der Waals surface area contributed by atoms with Gasteiger partial charge in [0.05, 0.1) is 12.2 Å². The summed E-state index contributed by atoms with van der Waals surface area (Å²) >= 11 is 4.60. The van der Waals surface area contributed by atoms with Gasteiger partial charge in [0.25, 0.3) is 0 Å². The predicted molar refractivity (Wildman–Crippen MR) is 78.6 cm³/mol. The Morgan fingerprint density at radius 1 is 1.35 bits per heavy atom. The third-order valence-electron chi connectivity index (χ3n) is 2.49. The van der Waals surface area contributed by atoms with Crippen LogP contribution >= 0.6 is 12.2 Å². The number of hydrogen-bond acceptors (Lipinski definition) is 3. The quantitative estimate of drug-likeness (QED) is 0.701. The molecule has 7 heteroatoms. The minimum atomic E-state index is -1.12. The van der Waals surface area contributed by atoms with E-state index in [1.807, 2.05) is 13.8 Å². The molecule has 0 unspecified atom stereocenters. The van der Waals surface area contributed by atoms with E-state index in [1.54, 1.807) is 0 Å². The van der Waals surface area contributed by atoms with Gasteiger partial charge in [-0.1, -0.05) is 26.1 Å². The Labute approximate surface area is 121 Å². The lowest BCUT2D eigenvalue weighted by molar-refractivity contribution is -0.119. The van der Waals surface area contributed by atoms with Crippen molar-refractivity contribution < 1.29 is 13.6 Å². The smallest absolute Gasteiger partial charge is 0.239 e. The van der Waals surface area contributed by atoms with E-state index in [0.29, 0.717) is 12.5 Å². The van der Waals surface area contributed by atoms with Crippen molar-refractivity contribution in [2.45, 2.75) is 13.8 Å². The van der Waals surface area contributed by atoms with Gasteiger partial charge in [0.2, 0.25) is 5.91 Å². The molecular formula is C13H17F2N3OS. The Morgan fingerprint density at radius 2 is 2.00 bits per heavy atom. The van der Waals surface area contributed by atoms with E-state index in [0.717, 1.165) is 0 Å². The minimum absolute atomic E-state index is 0.109. The molecule has 1 aromatic rings. The molecule has 1 amide bonds. The summed E-state index contributed by atoms with van der Waals surface area (Å²) in [6.07, 6.45) is 0. The lowest BCUT2D eigenvalue weighted by atomic mass is 10.1. The highest BCUT2D eigenvalue weighted by Crippen LogP contribution is 2.20. The summed E-state index contributed by atoms with van der Waals surface area (Å²) in [5.41, 5.74) is 4.99. The number of rotatable bonds is 6. The lowest BCUT2D eigenvalue weighted by Gasteiger charge is -2.11. The van der Waals surface area contributed by atoms with Crippen LogP contribution in [0, 0.1) is 17.6 Å². The zero-order valence-electron chi connectivity index (χ0n) is 11.3. The average molecular weight is 301 g/mol. The molecule has 0 aliphatic rings. The number of nitrogens with two attached hydrogens (primary N) is 1. The monoisotopic (exact) mass is 301 g/mol. The highest BCUT2D eigenvalue weighted by Gasteiger charge is 2.15. The number of amides is 1. The van der Waals surface area contributed by atoms with Crippen molar-refractivity contribution in [2.24, 2.45) is 11.7 Å². The number of hydrogen-bond donors (Lipinski definition) is 3. The van der Waals surface area contributed by atoms with E-state index in [4.69, 9.17) is 5.73 Å². The van der Waals surface area contributed by atoms with Crippen LogP contribution in [0.15, 0.2) is 12.1 Å². The normalized spacial score (nSPS) is 10.4. The van der Waals surface area contributed by atoms with Gasteiger partial charge in [-0.15, -0.1) is 0 Å². The second kappa shape index (κ2) is 7.14. The second-order valence-electron chi connectivity index (χ2n) is 4.70. The standard InChI is InChI=1S/C13H17F2N3OS/c1-7(2)5-18-10(19)6-17-9-4-3-8(13(16)20)11(14)12(9)15/h3-4,7,17H,5-6H2,1-2H3,(H2,16,20)(H,18,19). The molecule has 0 spiro atoms. The first-order valence-electron chi connectivity index (χ1n) is 6.11. The van der Waals surface area contributed by atoms with Crippen molar-refractivity contribution in [1.29, 1.82) is 0 Å². The van der Waals surface area contributed by atoms with Crippen LogP contribution in [-0.4, -0.2) is 24.0 Å². The van der Waals surface area contributed by atoms with Gasteiger partial charge >= 0.3 is 0 Å². The van der Waals surface area contributed by atoms with Gasteiger partial charge in [0, 0.05) is 12.1 Å². The van der Waals surface area contributed by atoms with E-state index in [1.165, 1.54) is 12.1 Å². The van der Waals surface area contributed by atoms with Crippen molar-refractivity contribution in [3.63, 3.8) is 0 Å².